The molecule has 4 aromatic rings. The summed E-state index contributed by atoms with van der Waals surface area (Å²) in [6.07, 6.45) is 8.88. The molecule has 1 saturated heterocycles. The maximum absolute atomic E-state index is 11.6. The first kappa shape index (κ1) is 26.2. The van der Waals surface area contributed by atoms with Gasteiger partial charge in [-0.25, -0.2) is 4.68 Å². The topological polar surface area (TPSA) is 74.2 Å². The Hall–Kier alpha value is -4.70. The van der Waals surface area contributed by atoms with E-state index < -0.39 is 0 Å². The van der Waals surface area contributed by atoms with Gasteiger partial charge in [0, 0.05) is 43.0 Å². The molecule has 1 radical (unpaired) electrons. The second kappa shape index (κ2) is 10.9. The monoisotopic (exact) mass is 556 g/mol. The molecule has 0 atom stereocenters. The Kier molecular flexibility index (Phi) is 6.83. The number of hydrogen-bond donors (Lipinski definition) is 1. The third-order valence-corrected chi connectivity index (χ3v) is 7.96. The Balaban J connectivity index is 1.23. The van der Waals surface area contributed by atoms with Crippen LogP contribution in [0.2, 0.25) is 0 Å². The summed E-state index contributed by atoms with van der Waals surface area (Å²) >= 11 is 0. The van der Waals surface area contributed by atoms with Gasteiger partial charge in [-0.15, -0.1) is 5.10 Å². The molecule has 2 aromatic carbocycles. The van der Waals surface area contributed by atoms with Gasteiger partial charge >= 0.3 is 7.55 Å². The second-order valence-corrected chi connectivity index (χ2v) is 11.1. The summed E-state index contributed by atoms with van der Waals surface area (Å²) in [7, 11) is 4.27. The quantitative estimate of drug-likeness (QED) is 0.276. The van der Waals surface area contributed by atoms with Gasteiger partial charge in [0.25, 0.3) is 5.84 Å². The number of aromatic nitrogens is 4. The van der Waals surface area contributed by atoms with Gasteiger partial charge in [-0.2, -0.15) is 0 Å². The third kappa shape index (κ3) is 4.98. The van der Waals surface area contributed by atoms with Crippen LogP contribution in [0, 0.1) is 0 Å². The lowest BCUT2D eigenvalue weighted by Crippen LogP contribution is -2.42. The molecular weight excluding hydrogens is 523 g/mol. The molecule has 0 saturated carbocycles. The lowest BCUT2D eigenvalue weighted by Gasteiger charge is -2.26. The first-order chi connectivity index (χ1) is 20.5. The van der Waals surface area contributed by atoms with E-state index in [0.717, 1.165) is 59.4 Å². The van der Waals surface area contributed by atoms with Crippen LogP contribution in [0.15, 0.2) is 90.8 Å². The highest BCUT2D eigenvalue weighted by Gasteiger charge is 2.40. The number of carbonyl (C=O) groups is 1. The van der Waals surface area contributed by atoms with Crippen LogP contribution in [0.3, 0.4) is 0 Å². The molecular formula is C32H33BN8O+. The van der Waals surface area contributed by atoms with E-state index in [4.69, 9.17) is 0 Å². The molecule has 42 heavy (non-hydrogen) atoms. The van der Waals surface area contributed by atoms with Crippen molar-refractivity contribution in [2.24, 2.45) is 0 Å². The molecule has 3 aliphatic heterocycles. The van der Waals surface area contributed by atoms with Gasteiger partial charge in [0.2, 0.25) is 5.91 Å². The highest BCUT2D eigenvalue weighted by molar-refractivity contribution is 6.40. The van der Waals surface area contributed by atoms with Crippen LogP contribution in [-0.2, 0) is 17.9 Å². The fourth-order valence-electron chi connectivity index (χ4n) is 6.09. The van der Waals surface area contributed by atoms with Crippen molar-refractivity contribution in [3.05, 3.63) is 113 Å². The van der Waals surface area contributed by atoms with Crippen LogP contribution in [0.5, 0.6) is 0 Å². The standard InChI is InChI=1S/C32H32BN8O/c1-23(42)34-26-12-10-25(11-13-26)32-28-14-16-30(38-18-6-7-19-38)40(28)33-41-29(32)15-17-31(41)39-22-27(35-36-39)21-37(2)20-24-8-4-3-5-9-24/h3-5,8-17,22H,6-7,18-21H2,1-2H3/p+1. The third-order valence-electron chi connectivity index (χ3n) is 7.96. The highest BCUT2D eigenvalue weighted by atomic mass is 16.1. The zero-order valence-electron chi connectivity index (χ0n) is 23.9. The van der Waals surface area contributed by atoms with Crippen LogP contribution in [0.25, 0.3) is 11.4 Å². The largest absolute Gasteiger partial charge is 0.553 e. The van der Waals surface area contributed by atoms with Crippen LogP contribution in [0.1, 0.15) is 42.3 Å². The van der Waals surface area contributed by atoms with Gasteiger partial charge in [-0.1, -0.05) is 47.7 Å². The molecule has 5 heterocycles. The summed E-state index contributed by atoms with van der Waals surface area (Å²) in [5, 5.41) is 11.9. The minimum atomic E-state index is -0.0798. The van der Waals surface area contributed by atoms with E-state index in [9.17, 15) is 4.79 Å². The lowest BCUT2D eigenvalue weighted by atomic mass is 9.91. The summed E-state index contributed by atoms with van der Waals surface area (Å²) in [5.41, 5.74) is 7.40. The molecule has 3 aliphatic rings. The van der Waals surface area contributed by atoms with Crippen LogP contribution in [0.4, 0.5) is 5.69 Å². The first-order valence-electron chi connectivity index (χ1n) is 14.5. The molecule has 2 aromatic heterocycles. The van der Waals surface area contributed by atoms with Crippen molar-refractivity contribution in [1.29, 1.82) is 0 Å². The number of anilines is 1. The summed E-state index contributed by atoms with van der Waals surface area (Å²) in [6, 6.07) is 22.8. The number of nitrogens with zero attached hydrogens (tertiary/aromatic N) is 7. The van der Waals surface area contributed by atoms with E-state index in [-0.39, 0.29) is 5.91 Å². The van der Waals surface area contributed by atoms with E-state index in [2.05, 4.69) is 110 Å². The number of benzene rings is 2. The molecule has 9 nitrogen and oxygen atoms in total. The molecule has 0 unspecified atom stereocenters. The second-order valence-electron chi connectivity index (χ2n) is 11.1. The molecule has 209 valence electrons. The van der Waals surface area contributed by atoms with E-state index in [1.165, 1.54) is 31.2 Å². The number of nitrogens with one attached hydrogen (secondary N) is 1. The van der Waals surface area contributed by atoms with Gasteiger partial charge in [0.1, 0.15) is 11.5 Å². The molecule has 1 N–H and O–H groups in total. The fraction of sp³-hybridized carbons (Fsp3) is 0.250. The van der Waals surface area contributed by atoms with Gasteiger partial charge < -0.3 is 9.79 Å². The normalized spacial score (nSPS) is 15.8. The number of carbonyl (C=O) groups excluding carboxylic acids is 1. The first-order valence-corrected chi connectivity index (χ1v) is 14.5. The number of hydrogen-bond acceptors (Lipinski definition) is 4. The lowest BCUT2D eigenvalue weighted by molar-refractivity contribution is -0.508. The van der Waals surface area contributed by atoms with E-state index >= 15 is 0 Å². The zero-order chi connectivity index (χ0) is 28.6. The predicted molar refractivity (Wildman–Crippen MR) is 164 cm³/mol. The van der Waals surface area contributed by atoms with Crippen molar-refractivity contribution in [3.8, 4) is 5.82 Å². The molecule has 0 aliphatic carbocycles. The number of rotatable bonds is 7. The predicted octanol–water partition coefficient (Wildman–Crippen LogP) is 3.89. The molecule has 1 fully saturated rings. The van der Waals surface area contributed by atoms with Crippen LogP contribution >= 0.6 is 0 Å². The minimum absolute atomic E-state index is 0.0798. The Morgan fingerprint density at radius 3 is 2.55 bits per heavy atom. The maximum Gasteiger partial charge on any atom is 0.553 e. The zero-order valence-corrected chi connectivity index (χ0v) is 23.9. The van der Waals surface area contributed by atoms with E-state index in [1.807, 2.05) is 29.1 Å². The van der Waals surface area contributed by atoms with Gasteiger partial charge in [-0.3, -0.25) is 19.1 Å². The highest BCUT2D eigenvalue weighted by Crippen LogP contribution is 2.37. The molecule has 0 bridgehead atoms. The summed E-state index contributed by atoms with van der Waals surface area (Å²) in [6.45, 7) is 5.19. The summed E-state index contributed by atoms with van der Waals surface area (Å²) in [5.74, 6) is 2.04. The summed E-state index contributed by atoms with van der Waals surface area (Å²) < 4.78 is 6.53. The average Bonchev–Trinajstić information content (AvgIpc) is 3.79. The average molecular weight is 556 g/mol. The number of allylic oxidation sites excluding steroid dienone is 1. The molecule has 10 heteroatoms. The number of amides is 1. The van der Waals surface area contributed by atoms with Gasteiger partial charge in [0.05, 0.1) is 25.0 Å². The smallest absolute Gasteiger partial charge is 0.329 e. The van der Waals surface area contributed by atoms with E-state index in [0.29, 0.717) is 6.54 Å². The SMILES string of the molecule is CC(=O)Nc1ccc(C2=C3C=CC(=[N+]4CCCC4)N3[B]n3c2ccc3-n2cc(CN(C)Cc3ccccc3)nn2)cc1. The molecule has 0 spiro atoms. The Bertz CT molecular complexity index is 1720. The molecule has 7 rings (SSSR count). The Morgan fingerprint density at radius 2 is 1.79 bits per heavy atom. The van der Waals surface area contributed by atoms with Crippen molar-refractivity contribution in [2.75, 3.05) is 25.5 Å². The van der Waals surface area contributed by atoms with Crippen molar-refractivity contribution >= 4 is 30.6 Å². The van der Waals surface area contributed by atoms with Crippen molar-refractivity contribution in [3.63, 3.8) is 0 Å². The number of fused-ring (bicyclic) bond motifs is 2. The summed E-state index contributed by atoms with van der Waals surface area (Å²) in [4.78, 5) is 16.1. The Morgan fingerprint density at radius 1 is 1.00 bits per heavy atom. The van der Waals surface area contributed by atoms with Crippen molar-refractivity contribution in [2.45, 2.75) is 32.9 Å². The molecule has 1 amide bonds. The minimum Gasteiger partial charge on any atom is -0.329 e. The van der Waals surface area contributed by atoms with Crippen LogP contribution in [-0.4, -0.2) is 73.2 Å². The van der Waals surface area contributed by atoms with Crippen molar-refractivity contribution in [1.82, 2.24) is 29.2 Å². The van der Waals surface area contributed by atoms with Crippen molar-refractivity contribution < 1.29 is 9.37 Å². The van der Waals surface area contributed by atoms with Crippen LogP contribution < -0.4 is 5.32 Å². The fourth-order valence-corrected chi connectivity index (χ4v) is 6.09. The Labute approximate surface area is 246 Å². The van der Waals surface area contributed by atoms with E-state index in [1.54, 1.807) is 0 Å². The maximum atomic E-state index is 11.6. The van der Waals surface area contributed by atoms with Gasteiger partial charge in [0.15, 0.2) is 0 Å². The van der Waals surface area contributed by atoms with Gasteiger partial charge in [-0.05, 0) is 61.4 Å². The number of amidine groups is 1.